The van der Waals surface area contributed by atoms with Gasteiger partial charge in [0, 0.05) is 22.6 Å². The Balaban J connectivity index is 1.96. The largest absolute Gasteiger partial charge is 0.364 e. The van der Waals surface area contributed by atoms with Crippen molar-refractivity contribution in [3.05, 3.63) is 65.4 Å². The predicted molar refractivity (Wildman–Crippen MR) is 142 cm³/mol. The van der Waals surface area contributed by atoms with E-state index in [2.05, 4.69) is 9.88 Å². The zero-order chi connectivity index (χ0) is 27.5. The number of aryl methyl sites for hydroxylation is 1. The van der Waals surface area contributed by atoms with Gasteiger partial charge in [0.2, 0.25) is 0 Å². The molecule has 1 aromatic heterocycles. The molecule has 0 bridgehead atoms. The van der Waals surface area contributed by atoms with Crippen LogP contribution >= 0.6 is 0 Å². The third-order valence-electron chi connectivity index (χ3n) is 6.75. The van der Waals surface area contributed by atoms with Gasteiger partial charge in [0.25, 0.3) is 15.9 Å². The van der Waals surface area contributed by atoms with Crippen LogP contribution in [0.2, 0.25) is 0 Å². The van der Waals surface area contributed by atoms with E-state index in [9.17, 15) is 18.0 Å². The standard InChI is InChI=1S/C27H34N4O5S/c1-7-24(32)31(6,25(17(2)3)26(28)33)16-20-12-14-21(15-13-20)22-10-8-9-11-23(22)37(34,35)30-27-18(4)19(5)36-29-27/h8-15,17,25H,7,16H2,1-6H3,(H2-,28,29,30,33)/p+1/t25-,31?/m0/s1. The van der Waals surface area contributed by atoms with E-state index in [0.717, 1.165) is 5.56 Å². The lowest BCUT2D eigenvalue weighted by atomic mass is 9.97. The molecule has 0 aliphatic heterocycles. The van der Waals surface area contributed by atoms with Gasteiger partial charge in [-0.05, 0) is 25.5 Å². The van der Waals surface area contributed by atoms with Crippen LogP contribution in [0.3, 0.4) is 0 Å². The first-order valence-corrected chi connectivity index (χ1v) is 13.6. The number of nitrogens with zero attached hydrogens (tertiary/aromatic N) is 2. The molecule has 10 heteroatoms. The van der Waals surface area contributed by atoms with Crippen LogP contribution in [-0.4, -0.2) is 43.0 Å². The highest BCUT2D eigenvalue weighted by Crippen LogP contribution is 2.31. The SMILES string of the molecule is CCC(=O)[N+](C)(Cc1ccc(-c2ccccc2S(=O)(=O)Nc2noc(C)c2C)cc1)[C@H](C(N)=O)C(C)C. The molecule has 0 aliphatic rings. The molecule has 1 unspecified atom stereocenters. The number of sulfonamides is 1. The zero-order valence-electron chi connectivity index (χ0n) is 22.1. The van der Waals surface area contributed by atoms with E-state index in [0.29, 0.717) is 22.5 Å². The van der Waals surface area contributed by atoms with Crippen LogP contribution in [-0.2, 0) is 26.2 Å². The molecule has 3 rings (SSSR count). The number of amides is 2. The van der Waals surface area contributed by atoms with E-state index >= 15 is 0 Å². The fraction of sp³-hybridized carbons (Fsp3) is 0.370. The second-order valence-corrected chi connectivity index (χ2v) is 11.4. The Hall–Kier alpha value is -3.50. The highest BCUT2D eigenvalue weighted by molar-refractivity contribution is 7.92. The number of hydrogen-bond donors (Lipinski definition) is 2. The van der Waals surface area contributed by atoms with Gasteiger partial charge in [-0.1, -0.05) is 68.4 Å². The second-order valence-electron chi connectivity index (χ2n) is 9.78. The molecule has 0 aliphatic carbocycles. The van der Waals surface area contributed by atoms with E-state index in [-0.39, 0.29) is 40.0 Å². The molecule has 198 valence electrons. The minimum atomic E-state index is -3.96. The van der Waals surface area contributed by atoms with Gasteiger partial charge in [-0.25, -0.2) is 17.7 Å². The third kappa shape index (κ3) is 5.75. The number of benzene rings is 2. The molecule has 0 spiro atoms. The molecular weight excluding hydrogens is 492 g/mol. The van der Waals surface area contributed by atoms with Crippen molar-refractivity contribution in [3.63, 3.8) is 0 Å². The fourth-order valence-electron chi connectivity index (χ4n) is 4.77. The molecular formula is C27H35N4O5S+. The number of carbonyl (C=O) groups is 2. The Morgan fingerprint density at radius 2 is 1.70 bits per heavy atom. The van der Waals surface area contributed by atoms with Crippen molar-refractivity contribution in [2.24, 2.45) is 11.7 Å². The van der Waals surface area contributed by atoms with E-state index in [1.807, 2.05) is 38.1 Å². The maximum absolute atomic E-state index is 13.2. The number of aromatic nitrogens is 1. The van der Waals surface area contributed by atoms with Crippen LogP contribution in [0.1, 0.15) is 44.1 Å². The topological polar surface area (TPSA) is 132 Å². The van der Waals surface area contributed by atoms with Gasteiger partial charge in [-0.2, -0.15) is 0 Å². The summed E-state index contributed by atoms with van der Waals surface area (Å²) in [4.78, 5) is 25.4. The lowest BCUT2D eigenvalue weighted by Crippen LogP contribution is -2.62. The number of anilines is 1. The molecule has 3 aromatic rings. The molecule has 1 heterocycles. The van der Waals surface area contributed by atoms with E-state index < -0.39 is 22.0 Å². The summed E-state index contributed by atoms with van der Waals surface area (Å²) < 4.78 is 34.0. The van der Waals surface area contributed by atoms with Gasteiger partial charge < -0.3 is 10.3 Å². The fourth-order valence-corrected chi connectivity index (χ4v) is 6.06. The summed E-state index contributed by atoms with van der Waals surface area (Å²) in [7, 11) is -2.21. The van der Waals surface area contributed by atoms with Crippen molar-refractivity contribution >= 4 is 27.7 Å². The Labute approximate surface area is 218 Å². The Morgan fingerprint density at radius 1 is 1.08 bits per heavy atom. The monoisotopic (exact) mass is 527 g/mol. The van der Waals surface area contributed by atoms with Crippen molar-refractivity contribution in [2.75, 3.05) is 11.8 Å². The normalized spacial score (nSPS) is 14.2. The highest BCUT2D eigenvalue weighted by Gasteiger charge is 2.44. The van der Waals surface area contributed by atoms with Crippen LogP contribution < -0.4 is 10.5 Å². The molecule has 0 saturated carbocycles. The van der Waals surface area contributed by atoms with E-state index in [1.165, 1.54) is 6.07 Å². The molecule has 2 aromatic carbocycles. The molecule has 9 nitrogen and oxygen atoms in total. The number of likely N-dealkylation sites (N-methyl/N-ethyl adjacent to an activating group) is 1. The number of primary amides is 1. The van der Waals surface area contributed by atoms with Crippen LogP contribution in [0, 0.1) is 19.8 Å². The summed E-state index contributed by atoms with van der Waals surface area (Å²) in [6.07, 6.45) is 0.272. The second kappa shape index (κ2) is 10.9. The quantitative estimate of drug-likeness (QED) is 0.381. The van der Waals surface area contributed by atoms with Gasteiger partial charge in [0.1, 0.15) is 12.3 Å². The van der Waals surface area contributed by atoms with Crippen LogP contribution in [0.5, 0.6) is 0 Å². The number of hydrogen-bond acceptors (Lipinski definition) is 6. The number of rotatable bonds is 10. The maximum Gasteiger partial charge on any atom is 0.314 e. The van der Waals surface area contributed by atoms with Crippen LogP contribution in [0.15, 0.2) is 57.9 Å². The molecule has 37 heavy (non-hydrogen) atoms. The molecule has 0 radical (unpaired) electrons. The molecule has 2 atom stereocenters. The zero-order valence-corrected chi connectivity index (χ0v) is 22.9. The van der Waals surface area contributed by atoms with Gasteiger partial charge in [-0.15, -0.1) is 0 Å². The predicted octanol–water partition coefficient (Wildman–Crippen LogP) is 4.15. The van der Waals surface area contributed by atoms with Crippen molar-refractivity contribution in [1.82, 2.24) is 5.16 Å². The van der Waals surface area contributed by atoms with E-state index in [1.54, 1.807) is 46.0 Å². The Kier molecular flexibility index (Phi) is 8.24. The first-order valence-electron chi connectivity index (χ1n) is 12.1. The van der Waals surface area contributed by atoms with Crippen LogP contribution in [0.25, 0.3) is 11.1 Å². The Bertz CT molecular complexity index is 1400. The molecule has 0 fully saturated rings. The first kappa shape index (κ1) is 28.1. The van der Waals surface area contributed by atoms with Crippen molar-refractivity contribution in [2.45, 2.75) is 58.5 Å². The summed E-state index contributed by atoms with van der Waals surface area (Å²) in [6, 6.07) is 13.3. The summed E-state index contributed by atoms with van der Waals surface area (Å²) in [5, 5.41) is 3.81. The number of nitrogens with one attached hydrogen (secondary N) is 1. The number of carbonyl (C=O) groups excluding carboxylic acids is 2. The lowest BCUT2D eigenvalue weighted by molar-refractivity contribution is -0.868. The maximum atomic E-state index is 13.2. The van der Waals surface area contributed by atoms with Gasteiger partial charge in [0.15, 0.2) is 11.9 Å². The summed E-state index contributed by atoms with van der Waals surface area (Å²) in [5.74, 6) is -0.0411. The van der Waals surface area contributed by atoms with Crippen molar-refractivity contribution < 1.29 is 27.0 Å². The van der Waals surface area contributed by atoms with Gasteiger partial charge in [-0.3, -0.25) is 9.52 Å². The number of quaternary nitrogens is 1. The summed E-state index contributed by atoms with van der Waals surface area (Å²) in [5.41, 5.74) is 8.35. The van der Waals surface area contributed by atoms with Gasteiger partial charge in [0.05, 0.1) is 18.4 Å². The number of nitrogens with two attached hydrogens (primary N) is 1. The summed E-state index contributed by atoms with van der Waals surface area (Å²) >= 11 is 0. The minimum Gasteiger partial charge on any atom is -0.364 e. The van der Waals surface area contributed by atoms with E-state index in [4.69, 9.17) is 10.3 Å². The smallest absolute Gasteiger partial charge is 0.314 e. The molecule has 2 amide bonds. The minimum absolute atomic E-state index is 0.0810. The average molecular weight is 528 g/mol. The lowest BCUT2D eigenvalue weighted by Gasteiger charge is -2.39. The van der Waals surface area contributed by atoms with Crippen LogP contribution in [0.4, 0.5) is 5.82 Å². The summed E-state index contributed by atoms with van der Waals surface area (Å²) in [6.45, 7) is 9.25. The van der Waals surface area contributed by atoms with Gasteiger partial charge >= 0.3 is 5.91 Å². The average Bonchev–Trinajstić information content (AvgIpc) is 3.15. The third-order valence-corrected chi connectivity index (χ3v) is 8.15. The highest BCUT2D eigenvalue weighted by atomic mass is 32.2. The Morgan fingerprint density at radius 3 is 2.22 bits per heavy atom. The van der Waals surface area contributed by atoms with Crippen molar-refractivity contribution in [3.8, 4) is 11.1 Å². The first-order chi connectivity index (χ1) is 17.3. The molecule has 0 saturated heterocycles. The van der Waals surface area contributed by atoms with Crippen molar-refractivity contribution in [1.29, 1.82) is 0 Å². The molecule has 3 N–H and O–H groups in total.